The van der Waals surface area contributed by atoms with Gasteiger partial charge in [-0.25, -0.2) is 9.07 Å². The zero-order valence-corrected chi connectivity index (χ0v) is 19.6. The van der Waals surface area contributed by atoms with Crippen LogP contribution in [0.25, 0.3) is 5.69 Å². The van der Waals surface area contributed by atoms with Crippen LogP contribution in [0.3, 0.4) is 0 Å². The van der Waals surface area contributed by atoms with Crippen LogP contribution in [-0.2, 0) is 0 Å². The molecule has 1 unspecified atom stereocenters. The summed E-state index contributed by atoms with van der Waals surface area (Å²) < 4.78 is 16.0. The second-order valence-corrected chi connectivity index (χ2v) is 9.21. The van der Waals surface area contributed by atoms with Crippen molar-refractivity contribution in [3.8, 4) is 5.69 Å². The van der Waals surface area contributed by atoms with E-state index in [4.69, 9.17) is 33.3 Å². The molecule has 1 aliphatic carbocycles. The van der Waals surface area contributed by atoms with Gasteiger partial charge < -0.3 is 4.90 Å². The van der Waals surface area contributed by atoms with Crippen LogP contribution in [-0.4, -0.2) is 27.9 Å². The minimum atomic E-state index is -0.138. The number of rotatable bonds is 8. The molecule has 1 fully saturated rings. The molecule has 3 aromatic rings. The molecule has 0 aliphatic heterocycles. The lowest BCUT2D eigenvalue weighted by molar-refractivity contribution is 0.560. The monoisotopic (exact) mass is 460 g/mol. The molecule has 1 saturated carbocycles. The van der Waals surface area contributed by atoms with Crippen molar-refractivity contribution in [2.45, 2.75) is 46.0 Å². The Bertz CT molecular complexity index is 1080. The lowest BCUT2D eigenvalue weighted by Crippen LogP contribution is -2.31. The van der Waals surface area contributed by atoms with Crippen LogP contribution in [0.15, 0.2) is 36.4 Å². The van der Waals surface area contributed by atoms with Crippen molar-refractivity contribution < 1.29 is 4.39 Å². The first-order chi connectivity index (χ1) is 14.9. The molecule has 4 nitrogen and oxygen atoms in total. The number of benzene rings is 2. The van der Waals surface area contributed by atoms with Crippen molar-refractivity contribution >= 4 is 29.2 Å². The molecule has 4 rings (SSSR count). The summed E-state index contributed by atoms with van der Waals surface area (Å²) >= 11 is 12.5. The van der Waals surface area contributed by atoms with Gasteiger partial charge in [-0.3, -0.25) is 0 Å². The van der Waals surface area contributed by atoms with Gasteiger partial charge in [-0.1, -0.05) is 42.3 Å². The maximum Gasteiger partial charge on any atom is 0.245 e. The van der Waals surface area contributed by atoms with E-state index in [1.54, 1.807) is 29.8 Å². The van der Waals surface area contributed by atoms with Crippen LogP contribution in [0.1, 0.15) is 49.1 Å². The number of halogens is 3. The SMILES string of the molecule is CCCN(CC(c1ccc(C)c(F)c1)C1CC1)c1nc(C)n(-c2ccc(Cl)cc2Cl)n1. The van der Waals surface area contributed by atoms with Crippen LogP contribution in [0.2, 0.25) is 10.0 Å². The van der Waals surface area contributed by atoms with Crippen LogP contribution in [0.5, 0.6) is 0 Å². The molecule has 1 aliphatic rings. The summed E-state index contributed by atoms with van der Waals surface area (Å²) in [4.78, 5) is 6.96. The Kier molecular flexibility index (Phi) is 6.54. The van der Waals surface area contributed by atoms with Crippen molar-refractivity contribution in [1.29, 1.82) is 0 Å². The summed E-state index contributed by atoms with van der Waals surface area (Å²) in [5.74, 6) is 2.12. The van der Waals surface area contributed by atoms with Gasteiger partial charge in [-0.15, -0.1) is 5.10 Å². The molecule has 7 heteroatoms. The molecule has 0 saturated heterocycles. The standard InChI is InChI=1S/C24H27Cl2FN4/c1-4-11-30(14-20(17-7-8-17)18-6-5-15(2)22(27)12-18)24-28-16(3)31(29-24)23-10-9-19(25)13-21(23)26/h5-6,9-10,12-13,17,20H,4,7-8,11,14H2,1-3H3. The van der Waals surface area contributed by atoms with E-state index in [2.05, 4.69) is 17.9 Å². The number of hydrogen-bond donors (Lipinski definition) is 0. The first kappa shape index (κ1) is 22.1. The smallest absolute Gasteiger partial charge is 0.245 e. The first-order valence-corrected chi connectivity index (χ1v) is 11.5. The second-order valence-electron chi connectivity index (χ2n) is 8.37. The zero-order chi connectivity index (χ0) is 22.1. The van der Waals surface area contributed by atoms with Gasteiger partial charge in [0.2, 0.25) is 5.95 Å². The van der Waals surface area contributed by atoms with Crippen molar-refractivity contribution in [1.82, 2.24) is 14.8 Å². The fourth-order valence-electron chi connectivity index (χ4n) is 4.04. The van der Waals surface area contributed by atoms with Gasteiger partial charge in [0.05, 0.1) is 10.7 Å². The number of aromatic nitrogens is 3. The molecular weight excluding hydrogens is 434 g/mol. The third-order valence-electron chi connectivity index (χ3n) is 5.90. The Morgan fingerprint density at radius 1 is 1.16 bits per heavy atom. The second kappa shape index (κ2) is 9.17. The maximum absolute atomic E-state index is 14.3. The predicted octanol–water partition coefficient (Wildman–Crippen LogP) is 6.74. The van der Waals surface area contributed by atoms with Gasteiger partial charge in [0.25, 0.3) is 0 Å². The molecule has 0 amide bonds. The highest BCUT2D eigenvalue weighted by molar-refractivity contribution is 6.35. The molecule has 0 radical (unpaired) electrons. The van der Waals surface area contributed by atoms with Gasteiger partial charge in [0.1, 0.15) is 11.6 Å². The Hall–Kier alpha value is -2.11. The Morgan fingerprint density at radius 3 is 2.58 bits per heavy atom. The quantitative estimate of drug-likeness (QED) is 0.373. The predicted molar refractivity (Wildman–Crippen MR) is 125 cm³/mol. The summed E-state index contributed by atoms with van der Waals surface area (Å²) in [5.41, 5.74) is 2.49. The first-order valence-electron chi connectivity index (χ1n) is 10.8. The molecule has 1 heterocycles. The van der Waals surface area contributed by atoms with Gasteiger partial charge in [-0.05, 0) is 74.4 Å². The molecule has 0 spiro atoms. The summed E-state index contributed by atoms with van der Waals surface area (Å²) in [7, 11) is 0. The van der Waals surface area contributed by atoms with E-state index in [0.29, 0.717) is 27.5 Å². The van der Waals surface area contributed by atoms with Crippen LogP contribution in [0, 0.1) is 25.6 Å². The Labute approximate surface area is 193 Å². The molecule has 164 valence electrons. The molecule has 0 bridgehead atoms. The van der Waals surface area contributed by atoms with E-state index < -0.39 is 0 Å². The van der Waals surface area contributed by atoms with Gasteiger partial charge >= 0.3 is 0 Å². The molecule has 31 heavy (non-hydrogen) atoms. The highest BCUT2D eigenvalue weighted by Crippen LogP contribution is 2.43. The number of hydrogen-bond acceptors (Lipinski definition) is 3. The summed E-state index contributed by atoms with van der Waals surface area (Å²) in [6.45, 7) is 7.45. The zero-order valence-electron chi connectivity index (χ0n) is 18.1. The summed E-state index contributed by atoms with van der Waals surface area (Å²) in [6.07, 6.45) is 3.33. The summed E-state index contributed by atoms with van der Waals surface area (Å²) in [6, 6.07) is 11.0. The van der Waals surface area contributed by atoms with E-state index in [9.17, 15) is 4.39 Å². The lowest BCUT2D eigenvalue weighted by atomic mass is 9.92. The average Bonchev–Trinajstić information content (AvgIpc) is 3.49. The largest absolute Gasteiger partial charge is 0.339 e. The molecular formula is C24H27Cl2FN4. The highest BCUT2D eigenvalue weighted by atomic mass is 35.5. The number of nitrogens with zero attached hydrogens (tertiary/aromatic N) is 4. The van der Waals surface area contributed by atoms with E-state index in [0.717, 1.165) is 36.6 Å². The van der Waals surface area contributed by atoms with Crippen LogP contribution >= 0.6 is 23.2 Å². The van der Waals surface area contributed by atoms with Crippen molar-refractivity contribution in [3.05, 3.63) is 69.2 Å². The lowest BCUT2D eigenvalue weighted by Gasteiger charge is -2.27. The highest BCUT2D eigenvalue weighted by Gasteiger charge is 2.34. The minimum Gasteiger partial charge on any atom is -0.339 e. The van der Waals surface area contributed by atoms with Crippen LogP contribution in [0.4, 0.5) is 10.3 Å². The Morgan fingerprint density at radius 2 is 1.94 bits per heavy atom. The van der Waals surface area contributed by atoms with Crippen molar-refractivity contribution in [2.24, 2.45) is 5.92 Å². The van der Waals surface area contributed by atoms with Crippen molar-refractivity contribution in [2.75, 3.05) is 18.0 Å². The fourth-order valence-corrected chi connectivity index (χ4v) is 4.53. The van der Waals surface area contributed by atoms with Crippen LogP contribution < -0.4 is 4.90 Å². The fraction of sp³-hybridized carbons (Fsp3) is 0.417. The topological polar surface area (TPSA) is 34.0 Å². The van der Waals surface area contributed by atoms with Gasteiger partial charge in [0, 0.05) is 24.0 Å². The van der Waals surface area contributed by atoms with E-state index in [1.165, 1.54) is 12.8 Å². The van der Waals surface area contributed by atoms with E-state index >= 15 is 0 Å². The van der Waals surface area contributed by atoms with Gasteiger partial charge in [-0.2, -0.15) is 4.98 Å². The van der Waals surface area contributed by atoms with E-state index in [1.807, 2.05) is 19.1 Å². The summed E-state index contributed by atoms with van der Waals surface area (Å²) in [5, 5.41) is 5.89. The molecule has 0 N–H and O–H groups in total. The normalized spacial score (nSPS) is 14.6. The number of aryl methyl sites for hydroxylation is 2. The Balaban J connectivity index is 1.64. The maximum atomic E-state index is 14.3. The number of anilines is 1. The third-order valence-corrected chi connectivity index (χ3v) is 6.44. The van der Waals surface area contributed by atoms with Crippen molar-refractivity contribution in [3.63, 3.8) is 0 Å². The molecule has 1 aromatic heterocycles. The molecule has 1 atom stereocenters. The minimum absolute atomic E-state index is 0.138. The van der Waals surface area contributed by atoms with E-state index in [-0.39, 0.29) is 11.7 Å². The van der Waals surface area contributed by atoms with Gasteiger partial charge in [0.15, 0.2) is 0 Å². The average molecular weight is 461 g/mol. The third kappa shape index (κ3) is 4.88. The molecule has 2 aromatic carbocycles.